The van der Waals surface area contributed by atoms with Crippen LogP contribution in [-0.4, -0.2) is 21.5 Å². The second kappa shape index (κ2) is 6.57. The highest BCUT2D eigenvalue weighted by Gasteiger charge is 2.14. The molecule has 0 saturated heterocycles. The Balaban J connectivity index is 1.46. The van der Waals surface area contributed by atoms with Crippen LogP contribution in [0.4, 0.5) is 4.39 Å². The first kappa shape index (κ1) is 15.7. The largest absolute Gasteiger partial charge is 0.431 e. The number of aromatic amines is 1. The molecule has 2 aromatic carbocycles. The lowest BCUT2D eigenvalue weighted by Gasteiger charge is -1.98. The molecule has 25 heavy (non-hydrogen) atoms. The third kappa shape index (κ3) is 3.21. The van der Waals surface area contributed by atoms with Crippen LogP contribution in [0.25, 0.3) is 22.2 Å². The van der Waals surface area contributed by atoms with Crippen LogP contribution >= 0.6 is 11.8 Å². The van der Waals surface area contributed by atoms with E-state index in [4.69, 9.17) is 4.42 Å². The summed E-state index contributed by atoms with van der Waals surface area (Å²) in [5.74, 6) is 0.471. The normalized spacial score (nSPS) is 11.1. The summed E-state index contributed by atoms with van der Waals surface area (Å²) in [6, 6.07) is 13.7. The van der Waals surface area contributed by atoms with Gasteiger partial charge >= 0.3 is 0 Å². The Morgan fingerprint density at radius 2 is 1.96 bits per heavy atom. The lowest BCUT2D eigenvalue weighted by molar-refractivity contribution is 0.102. The summed E-state index contributed by atoms with van der Waals surface area (Å²) in [6.45, 7) is 0. The first-order valence-corrected chi connectivity index (χ1v) is 8.63. The molecule has 4 aromatic rings. The maximum Gasteiger partial charge on any atom is 0.256 e. The number of halogens is 1. The van der Waals surface area contributed by atoms with Crippen LogP contribution in [0.3, 0.4) is 0 Å². The van der Waals surface area contributed by atoms with E-state index in [1.807, 2.05) is 24.3 Å². The molecule has 2 aromatic heterocycles. The van der Waals surface area contributed by atoms with Gasteiger partial charge in [-0.25, -0.2) is 9.37 Å². The highest BCUT2D eigenvalue weighted by atomic mass is 32.2. The lowest BCUT2D eigenvalue weighted by atomic mass is 10.1. The first-order chi connectivity index (χ1) is 12.2. The zero-order chi connectivity index (χ0) is 17.2. The predicted molar refractivity (Wildman–Crippen MR) is 95.3 cm³/mol. The first-order valence-electron chi connectivity index (χ1n) is 7.64. The molecule has 0 bridgehead atoms. The molecule has 2 heterocycles. The Kier molecular flexibility index (Phi) is 4.11. The number of carbonyl (C=O) groups excluding carboxylic acids is 1. The van der Waals surface area contributed by atoms with Gasteiger partial charge in [-0.05, 0) is 30.3 Å². The van der Waals surface area contributed by atoms with E-state index in [2.05, 4.69) is 9.97 Å². The van der Waals surface area contributed by atoms with E-state index in [-0.39, 0.29) is 17.4 Å². The van der Waals surface area contributed by atoms with E-state index in [0.29, 0.717) is 16.5 Å². The van der Waals surface area contributed by atoms with Crippen LogP contribution < -0.4 is 0 Å². The molecule has 0 fully saturated rings. The number of nitrogens with zero attached hydrogens (tertiary/aromatic N) is 1. The van der Waals surface area contributed by atoms with Gasteiger partial charge in [0, 0.05) is 28.2 Å². The maximum absolute atomic E-state index is 13.0. The number of carbonyl (C=O) groups is 1. The summed E-state index contributed by atoms with van der Waals surface area (Å²) in [5.41, 5.74) is 2.34. The SMILES string of the molecule is O=C(CSc1ncc(-c2ccc(F)cc2)o1)c1c[nH]c2ccccc12. The Hall–Kier alpha value is -2.86. The summed E-state index contributed by atoms with van der Waals surface area (Å²) in [7, 11) is 0. The molecular formula is C19H13FN2O2S. The van der Waals surface area contributed by atoms with E-state index in [0.717, 1.165) is 16.5 Å². The molecule has 0 atom stereocenters. The van der Waals surface area contributed by atoms with Crippen molar-refractivity contribution >= 4 is 28.4 Å². The summed E-state index contributed by atoms with van der Waals surface area (Å²) >= 11 is 1.24. The number of ketones is 1. The van der Waals surface area contributed by atoms with E-state index in [1.165, 1.54) is 23.9 Å². The highest BCUT2D eigenvalue weighted by molar-refractivity contribution is 7.99. The zero-order valence-corrected chi connectivity index (χ0v) is 13.8. The minimum Gasteiger partial charge on any atom is -0.431 e. The van der Waals surface area contributed by atoms with Gasteiger partial charge in [-0.2, -0.15) is 0 Å². The lowest BCUT2D eigenvalue weighted by Crippen LogP contribution is -2.01. The minimum absolute atomic E-state index is 0.00369. The third-order valence-electron chi connectivity index (χ3n) is 3.83. The van der Waals surface area contributed by atoms with Crippen molar-refractivity contribution in [2.75, 3.05) is 5.75 Å². The Bertz CT molecular complexity index is 1040. The quantitative estimate of drug-likeness (QED) is 0.408. The average Bonchev–Trinajstić information content (AvgIpc) is 3.27. The molecule has 0 aliphatic heterocycles. The molecule has 0 aliphatic carbocycles. The van der Waals surface area contributed by atoms with Crippen molar-refractivity contribution in [3.63, 3.8) is 0 Å². The number of hydrogen-bond donors (Lipinski definition) is 1. The number of thioether (sulfide) groups is 1. The highest BCUT2D eigenvalue weighted by Crippen LogP contribution is 2.27. The molecule has 6 heteroatoms. The molecule has 0 saturated carbocycles. The summed E-state index contributed by atoms with van der Waals surface area (Å²) < 4.78 is 18.6. The second-order valence-electron chi connectivity index (χ2n) is 5.46. The van der Waals surface area contributed by atoms with E-state index < -0.39 is 0 Å². The smallest absolute Gasteiger partial charge is 0.256 e. The summed E-state index contributed by atoms with van der Waals surface area (Å²) in [5, 5.41) is 1.32. The standard InChI is InChI=1S/C19H13FN2O2S/c20-13-7-5-12(6-8-13)18-10-22-19(24-18)25-11-17(23)15-9-21-16-4-2-1-3-14(15)16/h1-10,21H,11H2. The van der Waals surface area contributed by atoms with Crippen molar-refractivity contribution in [1.29, 1.82) is 0 Å². The van der Waals surface area contributed by atoms with Gasteiger partial charge in [0.15, 0.2) is 11.5 Å². The fraction of sp³-hybridized carbons (Fsp3) is 0.0526. The number of Topliss-reactive ketones (excluding diaryl/α,β-unsaturated/α-hetero) is 1. The molecule has 1 N–H and O–H groups in total. The van der Waals surface area contributed by atoms with Crippen molar-refractivity contribution < 1.29 is 13.6 Å². The molecular weight excluding hydrogens is 339 g/mol. The van der Waals surface area contributed by atoms with Crippen LogP contribution in [0.15, 0.2) is 70.6 Å². The second-order valence-corrected chi connectivity index (χ2v) is 6.38. The predicted octanol–water partition coefficient (Wildman–Crippen LogP) is 4.94. The van der Waals surface area contributed by atoms with E-state index in [9.17, 15) is 9.18 Å². The molecule has 0 aliphatic rings. The van der Waals surface area contributed by atoms with Crippen molar-refractivity contribution in [3.05, 3.63) is 72.3 Å². The third-order valence-corrected chi connectivity index (χ3v) is 4.67. The fourth-order valence-corrected chi connectivity index (χ4v) is 3.27. The van der Waals surface area contributed by atoms with Crippen molar-refractivity contribution in [1.82, 2.24) is 9.97 Å². The number of oxazole rings is 1. The maximum atomic E-state index is 13.0. The Morgan fingerprint density at radius 1 is 1.16 bits per heavy atom. The number of nitrogens with one attached hydrogen (secondary N) is 1. The van der Waals surface area contributed by atoms with Crippen molar-refractivity contribution in [2.45, 2.75) is 5.22 Å². The fourth-order valence-electron chi connectivity index (χ4n) is 2.58. The van der Waals surface area contributed by atoms with Gasteiger partial charge in [0.25, 0.3) is 5.22 Å². The minimum atomic E-state index is -0.304. The summed E-state index contributed by atoms with van der Waals surface area (Å²) in [4.78, 5) is 19.7. The van der Waals surface area contributed by atoms with Crippen LogP contribution in [-0.2, 0) is 0 Å². The van der Waals surface area contributed by atoms with Crippen molar-refractivity contribution in [3.8, 4) is 11.3 Å². The van der Waals surface area contributed by atoms with E-state index >= 15 is 0 Å². The van der Waals surface area contributed by atoms with Gasteiger partial charge in [-0.15, -0.1) is 0 Å². The number of benzene rings is 2. The van der Waals surface area contributed by atoms with Gasteiger partial charge in [-0.3, -0.25) is 4.79 Å². The Morgan fingerprint density at radius 3 is 2.80 bits per heavy atom. The van der Waals surface area contributed by atoms with Gasteiger partial charge < -0.3 is 9.40 Å². The average molecular weight is 352 g/mol. The number of hydrogen-bond acceptors (Lipinski definition) is 4. The molecule has 4 rings (SSSR count). The van der Waals surface area contributed by atoms with E-state index in [1.54, 1.807) is 24.5 Å². The van der Waals surface area contributed by atoms with Crippen LogP contribution in [0.1, 0.15) is 10.4 Å². The van der Waals surface area contributed by atoms with Crippen LogP contribution in [0, 0.1) is 5.82 Å². The van der Waals surface area contributed by atoms with Crippen LogP contribution in [0.5, 0.6) is 0 Å². The molecule has 0 spiro atoms. The van der Waals surface area contributed by atoms with Gasteiger partial charge in [0.05, 0.1) is 11.9 Å². The van der Waals surface area contributed by atoms with Crippen LogP contribution in [0.2, 0.25) is 0 Å². The number of aromatic nitrogens is 2. The number of fused-ring (bicyclic) bond motifs is 1. The Labute approximate surface area is 147 Å². The molecule has 0 unspecified atom stereocenters. The topological polar surface area (TPSA) is 58.9 Å². The monoisotopic (exact) mass is 352 g/mol. The number of H-pyrrole nitrogens is 1. The van der Waals surface area contributed by atoms with Gasteiger partial charge in [-0.1, -0.05) is 30.0 Å². The summed E-state index contributed by atoms with van der Waals surface area (Å²) in [6.07, 6.45) is 3.30. The molecule has 0 radical (unpaired) electrons. The molecule has 4 nitrogen and oxygen atoms in total. The number of rotatable bonds is 5. The number of para-hydroxylation sites is 1. The molecule has 0 amide bonds. The van der Waals surface area contributed by atoms with Gasteiger partial charge in [0.2, 0.25) is 0 Å². The zero-order valence-electron chi connectivity index (χ0n) is 13.0. The molecule has 124 valence electrons. The van der Waals surface area contributed by atoms with Crippen molar-refractivity contribution in [2.24, 2.45) is 0 Å². The van der Waals surface area contributed by atoms with Gasteiger partial charge in [0.1, 0.15) is 5.82 Å².